The van der Waals surface area contributed by atoms with Crippen molar-refractivity contribution in [1.29, 1.82) is 0 Å². The summed E-state index contributed by atoms with van der Waals surface area (Å²) >= 11 is 12.1. The quantitative estimate of drug-likeness (QED) is 0.909. The average molecular weight is 352 g/mol. The van der Waals surface area contributed by atoms with Crippen LogP contribution < -0.4 is 0 Å². The summed E-state index contributed by atoms with van der Waals surface area (Å²) in [5.41, 5.74) is 0.321. The standard InChI is InChI=1S/C14H19Cl2NO3S/c1-9-3-4-17(7-10(9)2)21(19,20)13-6-12(15)5-11(8-18)14(13)16/h5-6,9-10,18H,3-4,7-8H2,1-2H3. The summed E-state index contributed by atoms with van der Waals surface area (Å²) in [6.07, 6.45) is 0.825. The molecule has 0 amide bonds. The molecule has 0 bridgehead atoms. The molecule has 0 radical (unpaired) electrons. The monoisotopic (exact) mass is 351 g/mol. The Kier molecular flexibility index (Phi) is 5.21. The molecule has 1 saturated heterocycles. The molecule has 1 N–H and O–H groups in total. The Labute approximate surface area is 135 Å². The predicted molar refractivity (Wildman–Crippen MR) is 84.1 cm³/mol. The highest BCUT2D eigenvalue weighted by Gasteiger charge is 2.33. The molecule has 2 unspecified atom stereocenters. The second-order valence-corrected chi connectivity index (χ2v) is 8.36. The molecule has 7 heteroatoms. The van der Waals surface area contributed by atoms with E-state index in [1.165, 1.54) is 16.4 Å². The maximum atomic E-state index is 12.8. The van der Waals surface area contributed by atoms with Crippen LogP contribution >= 0.6 is 23.2 Å². The van der Waals surface area contributed by atoms with E-state index in [9.17, 15) is 13.5 Å². The highest BCUT2D eigenvalue weighted by molar-refractivity contribution is 7.89. The number of rotatable bonds is 3. The van der Waals surface area contributed by atoms with Crippen LogP contribution in [0.25, 0.3) is 0 Å². The zero-order valence-electron chi connectivity index (χ0n) is 12.0. The van der Waals surface area contributed by atoms with Crippen LogP contribution in [0.5, 0.6) is 0 Å². The average Bonchev–Trinajstić information content (AvgIpc) is 2.43. The van der Waals surface area contributed by atoms with Gasteiger partial charge in [0.25, 0.3) is 0 Å². The van der Waals surface area contributed by atoms with E-state index >= 15 is 0 Å². The molecular formula is C14H19Cl2NO3S. The van der Waals surface area contributed by atoms with Gasteiger partial charge in [-0.2, -0.15) is 4.31 Å². The summed E-state index contributed by atoms with van der Waals surface area (Å²) in [6.45, 7) is 4.78. The predicted octanol–water partition coefficient (Wildman–Crippen LogP) is 3.15. The third kappa shape index (κ3) is 3.37. The molecule has 0 aliphatic carbocycles. The Morgan fingerprint density at radius 3 is 2.52 bits per heavy atom. The van der Waals surface area contributed by atoms with Gasteiger partial charge in [-0.05, 0) is 36.0 Å². The van der Waals surface area contributed by atoms with Crippen LogP contribution in [0.3, 0.4) is 0 Å². The van der Waals surface area contributed by atoms with Crippen molar-refractivity contribution in [1.82, 2.24) is 4.31 Å². The second-order valence-electron chi connectivity index (χ2n) is 5.64. The molecule has 1 aliphatic rings. The van der Waals surface area contributed by atoms with Crippen LogP contribution in [0.2, 0.25) is 10.0 Å². The summed E-state index contributed by atoms with van der Waals surface area (Å²) in [5, 5.41) is 9.57. The molecule has 2 atom stereocenters. The van der Waals surface area contributed by atoms with E-state index in [1.54, 1.807) is 0 Å². The van der Waals surface area contributed by atoms with E-state index in [-0.39, 0.29) is 21.5 Å². The van der Waals surface area contributed by atoms with Crippen LogP contribution in [-0.2, 0) is 16.6 Å². The summed E-state index contributed by atoms with van der Waals surface area (Å²) in [5.74, 6) is 0.795. The minimum Gasteiger partial charge on any atom is -0.392 e. The van der Waals surface area contributed by atoms with Gasteiger partial charge in [0.1, 0.15) is 4.90 Å². The van der Waals surface area contributed by atoms with Gasteiger partial charge in [-0.15, -0.1) is 0 Å². The van der Waals surface area contributed by atoms with E-state index in [2.05, 4.69) is 6.92 Å². The van der Waals surface area contributed by atoms with Gasteiger partial charge >= 0.3 is 0 Å². The second kappa shape index (κ2) is 6.42. The maximum absolute atomic E-state index is 12.8. The maximum Gasteiger partial charge on any atom is 0.244 e. The summed E-state index contributed by atoms with van der Waals surface area (Å²) in [4.78, 5) is -0.0255. The van der Waals surface area contributed by atoms with Gasteiger partial charge in [0.2, 0.25) is 10.0 Å². The van der Waals surface area contributed by atoms with E-state index < -0.39 is 10.0 Å². The van der Waals surface area contributed by atoms with E-state index in [0.717, 1.165) is 6.42 Å². The highest BCUT2D eigenvalue weighted by Crippen LogP contribution is 2.34. The van der Waals surface area contributed by atoms with Gasteiger partial charge in [-0.3, -0.25) is 0 Å². The molecule has 1 aromatic rings. The summed E-state index contributed by atoms with van der Waals surface area (Å²) in [6, 6.07) is 2.82. The fraction of sp³-hybridized carbons (Fsp3) is 0.571. The van der Waals surface area contributed by atoms with Crippen molar-refractivity contribution in [2.24, 2.45) is 11.8 Å². The Morgan fingerprint density at radius 1 is 1.29 bits per heavy atom. The van der Waals surface area contributed by atoms with Gasteiger partial charge in [0.05, 0.1) is 11.6 Å². The van der Waals surface area contributed by atoms with Gasteiger partial charge in [-0.25, -0.2) is 8.42 Å². The molecule has 118 valence electrons. The first kappa shape index (κ1) is 17.0. The molecule has 1 heterocycles. The summed E-state index contributed by atoms with van der Waals surface area (Å²) < 4.78 is 27.0. The van der Waals surface area contributed by atoms with Gasteiger partial charge in [-0.1, -0.05) is 37.0 Å². The molecule has 0 saturated carbocycles. The molecule has 1 fully saturated rings. The van der Waals surface area contributed by atoms with Crippen molar-refractivity contribution >= 4 is 33.2 Å². The van der Waals surface area contributed by atoms with Crippen LogP contribution in [0.1, 0.15) is 25.8 Å². The largest absolute Gasteiger partial charge is 0.392 e. The Hall–Kier alpha value is -0.330. The van der Waals surface area contributed by atoms with Crippen molar-refractivity contribution in [3.8, 4) is 0 Å². The minimum absolute atomic E-state index is 0.0255. The van der Waals surface area contributed by atoms with Crippen molar-refractivity contribution in [2.75, 3.05) is 13.1 Å². The lowest BCUT2D eigenvalue weighted by Crippen LogP contribution is -2.42. The smallest absolute Gasteiger partial charge is 0.244 e. The van der Waals surface area contributed by atoms with Crippen molar-refractivity contribution in [3.05, 3.63) is 27.7 Å². The van der Waals surface area contributed by atoms with Crippen LogP contribution in [0.4, 0.5) is 0 Å². The topological polar surface area (TPSA) is 57.6 Å². The van der Waals surface area contributed by atoms with Crippen molar-refractivity contribution in [2.45, 2.75) is 31.8 Å². The fourth-order valence-corrected chi connectivity index (χ4v) is 4.96. The molecule has 1 aromatic carbocycles. The number of aliphatic hydroxyl groups is 1. The number of aliphatic hydroxyl groups excluding tert-OH is 1. The third-order valence-electron chi connectivity index (χ3n) is 4.16. The van der Waals surface area contributed by atoms with Crippen LogP contribution in [0.15, 0.2) is 17.0 Å². The first-order chi connectivity index (χ1) is 9.77. The third-order valence-corrected chi connectivity index (χ3v) is 6.83. The molecule has 1 aliphatic heterocycles. The molecule has 21 heavy (non-hydrogen) atoms. The first-order valence-corrected chi connectivity index (χ1v) is 9.06. The number of nitrogens with zero attached hydrogens (tertiary/aromatic N) is 1. The van der Waals surface area contributed by atoms with Gasteiger partial charge < -0.3 is 5.11 Å². The lowest BCUT2D eigenvalue weighted by molar-refractivity contribution is 0.212. The summed E-state index contributed by atoms with van der Waals surface area (Å²) in [7, 11) is -3.70. The Morgan fingerprint density at radius 2 is 1.95 bits per heavy atom. The van der Waals surface area contributed by atoms with Gasteiger partial charge in [0.15, 0.2) is 0 Å². The van der Waals surface area contributed by atoms with Gasteiger partial charge in [0, 0.05) is 18.1 Å². The number of hydrogen-bond acceptors (Lipinski definition) is 3. The number of benzene rings is 1. The SMILES string of the molecule is CC1CCN(S(=O)(=O)c2cc(Cl)cc(CO)c2Cl)CC1C. The fourth-order valence-electron chi connectivity index (χ4n) is 2.50. The highest BCUT2D eigenvalue weighted by atomic mass is 35.5. The molecule has 4 nitrogen and oxygen atoms in total. The normalized spacial score (nSPS) is 24.2. The molecule has 2 rings (SSSR count). The number of halogens is 2. The zero-order valence-corrected chi connectivity index (χ0v) is 14.3. The Bertz CT molecular complexity index is 633. The number of piperidine rings is 1. The van der Waals surface area contributed by atoms with Crippen molar-refractivity contribution < 1.29 is 13.5 Å². The van der Waals surface area contributed by atoms with E-state index in [1.807, 2.05) is 6.92 Å². The minimum atomic E-state index is -3.70. The van der Waals surface area contributed by atoms with E-state index in [4.69, 9.17) is 23.2 Å². The lowest BCUT2D eigenvalue weighted by atomic mass is 9.90. The first-order valence-electron chi connectivity index (χ1n) is 6.86. The van der Waals surface area contributed by atoms with Crippen LogP contribution in [-0.4, -0.2) is 30.9 Å². The molecule has 0 spiro atoms. The molecular weight excluding hydrogens is 333 g/mol. The number of sulfonamides is 1. The number of hydrogen-bond donors (Lipinski definition) is 1. The lowest BCUT2D eigenvalue weighted by Gasteiger charge is -2.34. The Balaban J connectivity index is 2.43. The van der Waals surface area contributed by atoms with Crippen LogP contribution in [0, 0.1) is 11.8 Å². The van der Waals surface area contributed by atoms with Crippen molar-refractivity contribution in [3.63, 3.8) is 0 Å². The zero-order chi connectivity index (χ0) is 15.8. The van der Waals surface area contributed by atoms with E-state index in [0.29, 0.717) is 30.5 Å². The molecule has 0 aromatic heterocycles.